The van der Waals surface area contributed by atoms with Crippen molar-refractivity contribution < 1.29 is 14.5 Å². The monoisotopic (exact) mass is 381 g/mol. The van der Waals surface area contributed by atoms with Crippen LogP contribution in [0.5, 0.6) is 0 Å². The van der Waals surface area contributed by atoms with E-state index >= 15 is 0 Å². The summed E-state index contributed by atoms with van der Waals surface area (Å²) in [6.45, 7) is 1.93. The molecule has 1 aromatic carbocycles. The summed E-state index contributed by atoms with van der Waals surface area (Å²) in [6, 6.07) is 10.3. The molecule has 2 amide bonds. The van der Waals surface area contributed by atoms with Crippen LogP contribution in [0.4, 0.5) is 5.69 Å². The van der Waals surface area contributed by atoms with Crippen LogP contribution in [0.1, 0.15) is 23.0 Å². The first-order valence-corrected chi connectivity index (χ1v) is 8.69. The number of carbonyl (C=O) groups excluding carboxylic acids is 2. The van der Waals surface area contributed by atoms with Crippen LogP contribution in [0.15, 0.2) is 54.9 Å². The topological polar surface area (TPSA) is 119 Å². The van der Waals surface area contributed by atoms with Crippen molar-refractivity contribution in [3.05, 3.63) is 76.2 Å². The minimum absolute atomic E-state index is 0.124. The van der Waals surface area contributed by atoms with Gasteiger partial charge in [0.1, 0.15) is 11.7 Å². The first kappa shape index (κ1) is 19.0. The number of nitro benzene ring substituents is 1. The molecule has 9 heteroatoms. The minimum Gasteiger partial charge on any atom is -0.354 e. The molecule has 0 bridgehead atoms. The number of hydrogen-bond acceptors (Lipinski definition) is 5. The Morgan fingerprint density at radius 3 is 2.82 bits per heavy atom. The fourth-order valence-corrected chi connectivity index (χ4v) is 2.68. The molecular formula is C19H19N5O4. The second-order valence-electron chi connectivity index (χ2n) is 6.24. The van der Waals surface area contributed by atoms with Crippen LogP contribution < -0.4 is 10.6 Å². The van der Waals surface area contributed by atoms with E-state index in [1.165, 1.54) is 24.3 Å². The number of non-ortho nitro benzene ring substituents is 1. The SMILES string of the molecule is CC(NC(=O)c1cccc([N+](=O)[O-])c1)C(=O)NCCc1cn2ccccc2n1. The Hall–Kier alpha value is -3.75. The zero-order valence-electron chi connectivity index (χ0n) is 15.2. The van der Waals surface area contributed by atoms with Crippen molar-refractivity contribution in [2.45, 2.75) is 19.4 Å². The number of hydrogen-bond donors (Lipinski definition) is 2. The summed E-state index contributed by atoms with van der Waals surface area (Å²) in [6.07, 6.45) is 4.35. The van der Waals surface area contributed by atoms with Gasteiger partial charge in [-0.3, -0.25) is 19.7 Å². The molecule has 3 aromatic rings. The van der Waals surface area contributed by atoms with Gasteiger partial charge in [-0.2, -0.15) is 0 Å². The van der Waals surface area contributed by atoms with E-state index in [9.17, 15) is 19.7 Å². The van der Waals surface area contributed by atoms with Crippen molar-refractivity contribution >= 4 is 23.1 Å². The summed E-state index contributed by atoms with van der Waals surface area (Å²) in [7, 11) is 0. The third-order valence-electron chi connectivity index (χ3n) is 4.15. The van der Waals surface area contributed by atoms with Gasteiger partial charge in [0, 0.05) is 43.1 Å². The smallest absolute Gasteiger partial charge is 0.270 e. The van der Waals surface area contributed by atoms with Gasteiger partial charge in [-0.05, 0) is 25.1 Å². The molecule has 28 heavy (non-hydrogen) atoms. The van der Waals surface area contributed by atoms with Crippen LogP contribution >= 0.6 is 0 Å². The van der Waals surface area contributed by atoms with Crippen LogP contribution in [0.25, 0.3) is 5.65 Å². The maximum absolute atomic E-state index is 12.2. The van der Waals surface area contributed by atoms with E-state index in [1.54, 1.807) is 6.92 Å². The summed E-state index contributed by atoms with van der Waals surface area (Å²) < 4.78 is 1.90. The summed E-state index contributed by atoms with van der Waals surface area (Å²) in [5.74, 6) is -0.894. The fourth-order valence-electron chi connectivity index (χ4n) is 2.68. The van der Waals surface area contributed by atoms with Crippen LogP contribution in [-0.4, -0.2) is 38.7 Å². The second kappa shape index (κ2) is 8.30. The molecule has 1 unspecified atom stereocenters. The second-order valence-corrected chi connectivity index (χ2v) is 6.24. The lowest BCUT2D eigenvalue weighted by Crippen LogP contribution is -2.45. The molecule has 144 valence electrons. The Kier molecular flexibility index (Phi) is 5.64. The number of nitrogens with one attached hydrogen (secondary N) is 2. The number of rotatable bonds is 7. The number of imidazole rings is 1. The quantitative estimate of drug-likeness (QED) is 0.477. The van der Waals surface area contributed by atoms with Gasteiger partial charge in [0.2, 0.25) is 5.91 Å². The molecule has 2 aromatic heterocycles. The normalized spacial score (nSPS) is 11.8. The third-order valence-corrected chi connectivity index (χ3v) is 4.15. The molecule has 0 fully saturated rings. The van der Waals surface area contributed by atoms with Gasteiger partial charge in [-0.25, -0.2) is 4.98 Å². The van der Waals surface area contributed by atoms with Crippen molar-refractivity contribution in [2.75, 3.05) is 6.54 Å². The van der Waals surface area contributed by atoms with Crippen LogP contribution in [0.2, 0.25) is 0 Å². The van der Waals surface area contributed by atoms with E-state index in [1.807, 2.05) is 35.0 Å². The number of fused-ring (bicyclic) bond motifs is 1. The van der Waals surface area contributed by atoms with Gasteiger partial charge in [-0.1, -0.05) is 12.1 Å². The molecule has 1 atom stereocenters. The zero-order chi connectivity index (χ0) is 20.1. The molecule has 2 N–H and O–H groups in total. The first-order chi connectivity index (χ1) is 13.4. The molecule has 0 saturated heterocycles. The highest BCUT2D eigenvalue weighted by Gasteiger charge is 2.18. The first-order valence-electron chi connectivity index (χ1n) is 8.69. The summed E-state index contributed by atoms with van der Waals surface area (Å²) in [4.78, 5) is 39.1. The standard InChI is InChI=1S/C19H19N5O4/c1-13(21-19(26)14-5-4-6-16(11-14)24(27)28)18(25)20-9-8-15-12-23-10-3-2-7-17(23)22-15/h2-7,10-13H,8-9H2,1H3,(H,20,25)(H,21,26). The minimum atomic E-state index is -0.784. The van der Waals surface area contributed by atoms with Crippen molar-refractivity contribution in [2.24, 2.45) is 0 Å². The van der Waals surface area contributed by atoms with E-state index in [4.69, 9.17) is 0 Å². The largest absolute Gasteiger partial charge is 0.354 e. The number of nitro groups is 1. The van der Waals surface area contributed by atoms with Gasteiger partial charge in [0.05, 0.1) is 10.6 Å². The molecule has 9 nitrogen and oxygen atoms in total. The Labute approximate surface area is 160 Å². The van der Waals surface area contributed by atoms with Crippen molar-refractivity contribution in [1.82, 2.24) is 20.0 Å². The highest BCUT2D eigenvalue weighted by Crippen LogP contribution is 2.13. The lowest BCUT2D eigenvalue weighted by atomic mass is 10.1. The number of amides is 2. The van der Waals surface area contributed by atoms with Crippen molar-refractivity contribution in [3.8, 4) is 0 Å². The van der Waals surface area contributed by atoms with Crippen LogP contribution in [0, 0.1) is 10.1 Å². The maximum atomic E-state index is 12.2. The van der Waals surface area contributed by atoms with E-state index in [-0.39, 0.29) is 17.2 Å². The van der Waals surface area contributed by atoms with Crippen LogP contribution in [-0.2, 0) is 11.2 Å². The molecule has 0 aliphatic rings. The Morgan fingerprint density at radius 2 is 2.07 bits per heavy atom. The fraction of sp³-hybridized carbons (Fsp3) is 0.211. The van der Waals surface area contributed by atoms with Crippen molar-refractivity contribution in [3.63, 3.8) is 0 Å². The predicted molar refractivity (Wildman–Crippen MR) is 102 cm³/mol. The summed E-state index contributed by atoms with van der Waals surface area (Å²) >= 11 is 0. The van der Waals surface area contributed by atoms with Gasteiger partial charge < -0.3 is 15.0 Å². The molecule has 0 radical (unpaired) electrons. The van der Waals surface area contributed by atoms with Crippen LogP contribution in [0.3, 0.4) is 0 Å². The van der Waals surface area contributed by atoms with E-state index in [2.05, 4.69) is 15.6 Å². The Bertz CT molecular complexity index is 997. The van der Waals surface area contributed by atoms with Gasteiger partial charge in [-0.15, -0.1) is 0 Å². The lowest BCUT2D eigenvalue weighted by Gasteiger charge is -2.14. The number of nitrogens with zero attached hydrogens (tertiary/aromatic N) is 3. The molecule has 0 aliphatic carbocycles. The lowest BCUT2D eigenvalue weighted by molar-refractivity contribution is -0.384. The van der Waals surface area contributed by atoms with E-state index < -0.39 is 16.9 Å². The number of aromatic nitrogens is 2. The molecule has 3 rings (SSSR count). The molecule has 0 aliphatic heterocycles. The zero-order valence-corrected chi connectivity index (χ0v) is 15.2. The molecule has 0 saturated carbocycles. The predicted octanol–water partition coefficient (Wildman–Crippen LogP) is 1.72. The molecule has 0 spiro atoms. The number of benzene rings is 1. The molecular weight excluding hydrogens is 362 g/mol. The average Bonchev–Trinajstić information content (AvgIpc) is 3.10. The van der Waals surface area contributed by atoms with Gasteiger partial charge in [0.25, 0.3) is 11.6 Å². The van der Waals surface area contributed by atoms with Gasteiger partial charge >= 0.3 is 0 Å². The van der Waals surface area contributed by atoms with E-state index in [0.717, 1.165) is 11.3 Å². The summed E-state index contributed by atoms with van der Waals surface area (Å²) in [5.41, 5.74) is 1.62. The summed E-state index contributed by atoms with van der Waals surface area (Å²) in [5, 5.41) is 16.1. The van der Waals surface area contributed by atoms with Gasteiger partial charge in [0.15, 0.2) is 0 Å². The number of carbonyl (C=O) groups is 2. The highest BCUT2D eigenvalue weighted by molar-refractivity contribution is 5.97. The molecule has 2 heterocycles. The third kappa shape index (κ3) is 4.50. The Balaban J connectivity index is 1.50. The average molecular weight is 381 g/mol. The Morgan fingerprint density at radius 1 is 1.25 bits per heavy atom. The highest BCUT2D eigenvalue weighted by atomic mass is 16.6. The number of pyridine rings is 1. The van der Waals surface area contributed by atoms with Crippen molar-refractivity contribution in [1.29, 1.82) is 0 Å². The maximum Gasteiger partial charge on any atom is 0.270 e. The van der Waals surface area contributed by atoms with E-state index in [0.29, 0.717) is 13.0 Å².